The fourth-order valence-electron chi connectivity index (χ4n) is 2.06. The Balaban J connectivity index is 1.66. The second-order valence-corrected chi connectivity index (χ2v) is 5.11. The van der Waals surface area contributed by atoms with Gasteiger partial charge < -0.3 is 10.1 Å². The predicted octanol–water partition coefficient (Wildman–Crippen LogP) is 2.78. The Hall–Kier alpha value is -0.770. The molecule has 1 N–H and O–H groups in total. The second kappa shape index (κ2) is 6.98. The Bertz CT molecular complexity index is 378. The topological polar surface area (TPSA) is 24.5 Å². The van der Waals surface area contributed by atoms with Gasteiger partial charge in [-0.15, -0.1) is 0 Å². The summed E-state index contributed by atoms with van der Waals surface area (Å²) in [5.74, 6) is 0. The summed E-state index contributed by atoms with van der Waals surface area (Å²) in [5, 5.41) is 4.24. The van der Waals surface area contributed by atoms with Crippen LogP contribution in [0.5, 0.6) is 0 Å². The van der Waals surface area contributed by atoms with Gasteiger partial charge in [0.1, 0.15) is 0 Å². The van der Waals surface area contributed by atoms with E-state index >= 15 is 0 Å². The summed E-state index contributed by atoms with van der Waals surface area (Å²) >= 11 is 6.09. The van der Waals surface area contributed by atoms with Crippen LogP contribution in [-0.2, 0) is 4.74 Å². The molecule has 0 saturated carbocycles. The van der Waals surface area contributed by atoms with Gasteiger partial charge in [-0.2, -0.15) is 0 Å². The van der Waals surface area contributed by atoms with Crippen molar-refractivity contribution in [2.24, 2.45) is 0 Å². The molecule has 4 heteroatoms. The SMILES string of the molecule is Cc1ccc(NCCCN2CCOCC2)cc1Cl. The number of nitrogens with one attached hydrogen (secondary N) is 1. The lowest BCUT2D eigenvalue weighted by molar-refractivity contribution is 0.0378. The molecule has 0 atom stereocenters. The number of aryl methyl sites for hydroxylation is 1. The van der Waals surface area contributed by atoms with Gasteiger partial charge in [0.15, 0.2) is 0 Å². The first-order valence-corrected chi connectivity index (χ1v) is 6.93. The van der Waals surface area contributed by atoms with Crippen molar-refractivity contribution >= 4 is 17.3 Å². The highest BCUT2D eigenvalue weighted by atomic mass is 35.5. The van der Waals surface area contributed by atoms with E-state index < -0.39 is 0 Å². The minimum atomic E-state index is 0.827. The summed E-state index contributed by atoms with van der Waals surface area (Å²) in [6.07, 6.45) is 1.14. The van der Waals surface area contributed by atoms with E-state index in [4.69, 9.17) is 16.3 Å². The van der Waals surface area contributed by atoms with Crippen LogP contribution in [0.25, 0.3) is 0 Å². The van der Waals surface area contributed by atoms with E-state index in [1.54, 1.807) is 0 Å². The van der Waals surface area contributed by atoms with Gasteiger partial charge in [0, 0.05) is 30.3 Å². The van der Waals surface area contributed by atoms with Crippen LogP contribution in [0.2, 0.25) is 5.02 Å². The number of anilines is 1. The molecule has 1 fully saturated rings. The number of benzene rings is 1. The first-order valence-electron chi connectivity index (χ1n) is 6.56. The third-order valence-electron chi connectivity index (χ3n) is 3.26. The highest BCUT2D eigenvalue weighted by Gasteiger charge is 2.08. The van der Waals surface area contributed by atoms with Crippen molar-refractivity contribution in [3.63, 3.8) is 0 Å². The third kappa shape index (κ3) is 4.16. The van der Waals surface area contributed by atoms with Gasteiger partial charge in [-0.05, 0) is 37.6 Å². The molecule has 2 rings (SSSR count). The summed E-state index contributed by atoms with van der Waals surface area (Å²) in [5.41, 5.74) is 2.23. The molecule has 1 aromatic rings. The zero-order valence-electron chi connectivity index (χ0n) is 10.9. The molecule has 3 nitrogen and oxygen atoms in total. The standard InChI is InChI=1S/C14H21ClN2O/c1-12-3-4-13(11-14(12)15)16-5-2-6-17-7-9-18-10-8-17/h3-4,11,16H,2,5-10H2,1H3. The quantitative estimate of drug-likeness (QED) is 0.831. The summed E-state index contributed by atoms with van der Waals surface area (Å²) in [6.45, 7) is 8.02. The molecular formula is C14H21ClN2O. The van der Waals surface area contributed by atoms with E-state index in [9.17, 15) is 0 Å². The van der Waals surface area contributed by atoms with Crippen molar-refractivity contribution in [2.45, 2.75) is 13.3 Å². The van der Waals surface area contributed by atoms with Crippen molar-refractivity contribution in [3.8, 4) is 0 Å². The number of rotatable bonds is 5. The number of halogens is 1. The number of nitrogens with zero attached hydrogens (tertiary/aromatic N) is 1. The predicted molar refractivity (Wildman–Crippen MR) is 76.6 cm³/mol. The summed E-state index contributed by atoms with van der Waals surface area (Å²) in [4.78, 5) is 2.45. The molecule has 0 aliphatic carbocycles. The van der Waals surface area contributed by atoms with E-state index in [-0.39, 0.29) is 0 Å². The first kappa shape index (κ1) is 13.7. The molecule has 100 valence electrons. The van der Waals surface area contributed by atoms with Gasteiger partial charge in [0.05, 0.1) is 13.2 Å². The molecule has 0 bridgehead atoms. The van der Waals surface area contributed by atoms with Crippen molar-refractivity contribution < 1.29 is 4.74 Å². The molecule has 0 unspecified atom stereocenters. The number of hydrogen-bond donors (Lipinski definition) is 1. The smallest absolute Gasteiger partial charge is 0.0594 e. The lowest BCUT2D eigenvalue weighted by Gasteiger charge is -2.26. The summed E-state index contributed by atoms with van der Waals surface area (Å²) < 4.78 is 5.33. The molecule has 1 aliphatic rings. The first-order chi connectivity index (χ1) is 8.75. The number of morpholine rings is 1. The molecule has 0 aromatic heterocycles. The van der Waals surface area contributed by atoms with Gasteiger partial charge in [-0.3, -0.25) is 4.90 Å². The Labute approximate surface area is 114 Å². The summed E-state index contributed by atoms with van der Waals surface area (Å²) in [6, 6.07) is 6.12. The molecule has 1 heterocycles. The van der Waals surface area contributed by atoms with Crippen LogP contribution in [0.1, 0.15) is 12.0 Å². The average molecular weight is 269 g/mol. The van der Waals surface area contributed by atoms with Gasteiger partial charge in [0.25, 0.3) is 0 Å². The molecule has 1 saturated heterocycles. The molecule has 18 heavy (non-hydrogen) atoms. The third-order valence-corrected chi connectivity index (χ3v) is 3.66. The lowest BCUT2D eigenvalue weighted by Crippen LogP contribution is -2.37. The van der Waals surface area contributed by atoms with Gasteiger partial charge >= 0.3 is 0 Å². The Morgan fingerprint density at radius 2 is 2.11 bits per heavy atom. The monoisotopic (exact) mass is 268 g/mol. The number of hydrogen-bond acceptors (Lipinski definition) is 3. The molecular weight excluding hydrogens is 248 g/mol. The molecule has 0 spiro atoms. The Morgan fingerprint density at radius 3 is 2.83 bits per heavy atom. The molecule has 0 amide bonds. The van der Waals surface area contributed by atoms with Crippen LogP contribution in [0, 0.1) is 6.92 Å². The van der Waals surface area contributed by atoms with E-state index in [0.717, 1.165) is 62.1 Å². The average Bonchev–Trinajstić information content (AvgIpc) is 2.40. The van der Waals surface area contributed by atoms with Crippen molar-refractivity contribution in [1.29, 1.82) is 0 Å². The molecule has 1 aromatic carbocycles. The maximum Gasteiger partial charge on any atom is 0.0594 e. The van der Waals surface area contributed by atoms with E-state index in [0.29, 0.717) is 0 Å². The minimum Gasteiger partial charge on any atom is -0.385 e. The van der Waals surface area contributed by atoms with Crippen molar-refractivity contribution in [2.75, 3.05) is 44.7 Å². The summed E-state index contributed by atoms with van der Waals surface area (Å²) in [7, 11) is 0. The van der Waals surface area contributed by atoms with Crippen LogP contribution in [0.4, 0.5) is 5.69 Å². The molecule has 0 radical (unpaired) electrons. The Morgan fingerprint density at radius 1 is 1.33 bits per heavy atom. The van der Waals surface area contributed by atoms with Gasteiger partial charge in [-0.25, -0.2) is 0 Å². The fourth-order valence-corrected chi connectivity index (χ4v) is 2.24. The zero-order chi connectivity index (χ0) is 12.8. The van der Waals surface area contributed by atoms with Crippen LogP contribution >= 0.6 is 11.6 Å². The van der Waals surface area contributed by atoms with Crippen LogP contribution in [-0.4, -0.2) is 44.3 Å². The van der Waals surface area contributed by atoms with Crippen LogP contribution in [0.3, 0.4) is 0 Å². The maximum absolute atomic E-state index is 6.09. The van der Waals surface area contributed by atoms with Gasteiger partial charge in [0.2, 0.25) is 0 Å². The van der Waals surface area contributed by atoms with E-state index in [1.165, 1.54) is 0 Å². The van der Waals surface area contributed by atoms with E-state index in [2.05, 4.69) is 16.3 Å². The maximum atomic E-state index is 6.09. The van der Waals surface area contributed by atoms with E-state index in [1.807, 2.05) is 19.1 Å². The van der Waals surface area contributed by atoms with Crippen LogP contribution < -0.4 is 5.32 Å². The largest absolute Gasteiger partial charge is 0.385 e. The second-order valence-electron chi connectivity index (χ2n) is 4.70. The Kier molecular flexibility index (Phi) is 5.29. The molecule has 1 aliphatic heterocycles. The fraction of sp³-hybridized carbons (Fsp3) is 0.571. The normalized spacial score (nSPS) is 16.8. The number of ether oxygens (including phenoxy) is 1. The van der Waals surface area contributed by atoms with Gasteiger partial charge in [-0.1, -0.05) is 17.7 Å². The lowest BCUT2D eigenvalue weighted by atomic mass is 10.2. The van der Waals surface area contributed by atoms with Crippen LogP contribution in [0.15, 0.2) is 18.2 Å². The highest BCUT2D eigenvalue weighted by Crippen LogP contribution is 2.19. The van der Waals surface area contributed by atoms with Crippen molar-refractivity contribution in [1.82, 2.24) is 4.90 Å². The zero-order valence-corrected chi connectivity index (χ0v) is 11.7. The van der Waals surface area contributed by atoms with Crippen molar-refractivity contribution in [3.05, 3.63) is 28.8 Å². The minimum absolute atomic E-state index is 0.827. The highest BCUT2D eigenvalue weighted by molar-refractivity contribution is 6.31.